The first kappa shape index (κ1) is 11.3. The zero-order chi connectivity index (χ0) is 12.4. The van der Waals surface area contributed by atoms with Crippen LogP contribution in [-0.2, 0) is 0 Å². The van der Waals surface area contributed by atoms with E-state index in [2.05, 4.69) is 4.98 Å². The first-order valence-corrected chi connectivity index (χ1v) is 5.19. The lowest BCUT2D eigenvalue weighted by molar-refractivity contribution is 0.0691. The summed E-state index contributed by atoms with van der Waals surface area (Å²) < 4.78 is 5.26. The highest BCUT2D eigenvalue weighted by atomic mass is 16.5. The van der Waals surface area contributed by atoms with E-state index in [1.165, 1.54) is 0 Å². The molecule has 1 aromatic heterocycles. The van der Waals surface area contributed by atoms with Crippen molar-refractivity contribution in [2.45, 2.75) is 6.92 Å². The molecule has 2 rings (SSSR count). The molecular weight excluding hydrogens is 218 g/mol. The maximum absolute atomic E-state index is 10.8. The van der Waals surface area contributed by atoms with Crippen molar-refractivity contribution in [1.29, 1.82) is 0 Å². The Bertz CT molecular complexity index is 558. The number of rotatable bonds is 3. The lowest BCUT2D eigenvalue weighted by Gasteiger charge is -2.07. The van der Waals surface area contributed by atoms with Crippen molar-refractivity contribution in [1.82, 2.24) is 4.98 Å². The highest BCUT2D eigenvalue weighted by Crippen LogP contribution is 2.30. The Labute approximate surface area is 98.9 Å². The van der Waals surface area contributed by atoms with Crippen LogP contribution in [0.5, 0.6) is 5.75 Å². The number of ether oxygens (including phenoxy) is 1. The minimum atomic E-state index is -0.970. The lowest BCUT2D eigenvalue weighted by Crippen LogP contribution is -1.96. The van der Waals surface area contributed by atoms with Crippen LogP contribution in [0.25, 0.3) is 11.3 Å². The van der Waals surface area contributed by atoms with Crippen LogP contribution in [0.1, 0.15) is 16.1 Å². The molecule has 0 aliphatic heterocycles. The Hall–Kier alpha value is -2.23. The number of nitrogens with one attached hydrogen (secondary N) is 1. The fourth-order valence-electron chi connectivity index (χ4n) is 1.71. The smallest absolute Gasteiger partial charge is 0.352 e. The highest BCUT2D eigenvalue weighted by Gasteiger charge is 2.11. The number of aromatic carboxylic acids is 1. The monoisotopic (exact) mass is 231 g/mol. The average Bonchev–Trinajstić information content (AvgIpc) is 2.78. The number of carbonyl (C=O) groups is 1. The standard InChI is InChI=1S/C13H13NO3/c1-8-3-6-12(17-2)9(7-8)10-4-5-11(14-10)13(15)16/h3-7,14H,1-2H3,(H,15,16). The van der Waals surface area contributed by atoms with Gasteiger partial charge in [-0.05, 0) is 31.2 Å². The second-order valence-corrected chi connectivity index (χ2v) is 3.79. The molecule has 0 atom stereocenters. The van der Waals surface area contributed by atoms with Gasteiger partial charge >= 0.3 is 5.97 Å². The van der Waals surface area contributed by atoms with Gasteiger partial charge in [0, 0.05) is 11.3 Å². The molecule has 1 heterocycles. The fourth-order valence-corrected chi connectivity index (χ4v) is 1.71. The van der Waals surface area contributed by atoms with Gasteiger partial charge in [-0.25, -0.2) is 4.79 Å². The summed E-state index contributed by atoms with van der Waals surface area (Å²) in [6.07, 6.45) is 0. The van der Waals surface area contributed by atoms with Crippen LogP contribution in [0.4, 0.5) is 0 Å². The molecule has 4 nitrogen and oxygen atoms in total. The molecule has 0 amide bonds. The zero-order valence-corrected chi connectivity index (χ0v) is 9.65. The minimum absolute atomic E-state index is 0.170. The van der Waals surface area contributed by atoms with Gasteiger partial charge in [-0.3, -0.25) is 0 Å². The highest BCUT2D eigenvalue weighted by molar-refractivity contribution is 5.87. The Morgan fingerprint density at radius 3 is 2.65 bits per heavy atom. The molecule has 0 aliphatic carbocycles. The van der Waals surface area contributed by atoms with Gasteiger partial charge in [0.2, 0.25) is 0 Å². The second kappa shape index (κ2) is 4.33. The Kier molecular flexibility index (Phi) is 2.87. The van der Waals surface area contributed by atoms with Gasteiger partial charge in [-0.15, -0.1) is 0 Å². The average molecular weight is 231 g/mol. The lowest BCUT2D eigenvalue weighted by atomic mass is 10.1. The zero-order valence-electron chi connectivity index (χ0n) is 9.65. The molecule has 2 N–H and O–H groups in total. The molecule has 88 valence electrons. The van der Waals surface area contributed by atoms with E-state index in [0.29, 0.717) is 0 Å². The molecule has 1 aromatic carbocycles. The van der Waals surface area contributed by atoms with E-state index in [-0.39, 0.29) is 5.69 Å². The third kappa shape index (κ3) is 2.15. The first-order chi connectivity index (χ1) is 8.11. The minimum Gasteiger partial charge on any atom is -0.496 e. The van der Waals surface area contributed by atoms with Crippen molar-refractivity contribution in [2.75, 3.05) is 7.11 Å². The molecule has 0 saturated heterocycles. The molecule has 2 aromatic rings. The number of H-pyrrole nitrogens is 1. The van der Waals surface area contributed by atoms with Gasteiger partial charge in [0.25, 0.3) is 0 Å². The third-order valence-electron chi connectivity index (χ3n) is 2.56. The van der Waals surface area contributed by atoms with Crippen molar-refractivity contribution in [3.05, 3.63) is 41.6 Å². The summed E-state index contributed by atoms with van der Waals surface area (Å²) in [5.41, 5.74) is 2.86. The summed E-state index contributed by atoms with van der Waals surface area (Å²) in [6.45, 7) is 1.98. The van der Waals surface area contributed by atoms with E-state index in [9.17, 15) is 4.79 Å². The maximum atomic E-state index is 10.8. The molecule has 0 unspecified atom stereocenters. The SMILES string of the molecule is COc1ccc(C)cc1-c1ccc(C(=O)O)[nH]1. The fraction of sp³-hybridized carbons (Fsp3) is 0.154. The van der Waals surface area contributed by atoms with Crippen LogP contribution in [0.15, 0.2) is 30.3 Å². The molecule has 0 radical (unpaired) electrons. The van der Waals surface area contributed by atoms with Crippen molar-refractivity contribution in [3.8, 4) is 17.0 Å². The van der Waals surface area contributed by atoms with Crippen LogP contribution in [0.2, 0.25) is 0 Å². The largest absolute Gasteiger partial charge is 0.496 e. The summed E-state index contributed by atoms with van der Waals surface area (Å²) in [5.74, 6) is -0.253. The Morgan fingerprint density at radius 2 is 2.06 bits per heavy atom. The number of benzene rings is 1. The van der Waals surface area contributed by atoms with E-state index in [0.717, 1.165) is 22.6 Å². The van der Waals surface area contributed by atoms with E-state index in [4.69, 9.17) is 9.84 Å². The first-order valence-electron chi connectivity index (χ1n) is 5.19. The molecule has 0 fully saturated rings. The number of aryl methyl sites for hydroxylation is 1. The number of hydrogen-bond acceptors (Lipinski definition) is 2. The van der Waals surface area contributed by atoms with Crippen LogP contribution < -0.4 is 4.74 Å². The van der Waals surface area contributed by atoms with Gasteiger partial charge in [0.05, 0.1) is 7.11 Å². The molecule has 0 aliphatic rings. The van der Waals surface area contributed by atoms with E-state index in [1.54, 1.807) is 19.2 Å². The maximum Gasteiger partial charge on any atom is 0.352 e. The predicted octanol–water partition coefficient (Wildman–Crippen LogP) is 2.70. The van der Waals surface area contributed by atoms with Gasteiger partial charge in [-0.2, -0.15) is 0 Å². The summed E-state index contributed by atoms with van der Waals surface area (Å²) >= 11 is 0. The van der Waals surface area contributed by atoms with Gasteiger partial charge in [-0.1, -0.05) is 11.6 Å². The summed E-state index contributed by atoms with van der Waals surface area (Å²) in [5, 5.41) is 8.86. The predicted molar refractivity (Wildman–Crippen MR) is 64.5 cm³/mol. The van der Waals surface area contributed by atoms with E-state index < -0.39 is 5.97 Å². The number of aromatic amines is 1. The summed E-state index contributed by atoms with van der Waals surface area (Å²) in [4.78, 5) is 13.7. The third-order valence-corrected chi connectivity index (χ3v) is 2.56. The van der Waals surface area contributed by atoms with Crippen molar-refractivity contribution < 1.29 is 14.6 Å². The van der Waals surface area contributed by atoms with E-state index in [1.807, 2.05) is 25.1 Å². The van der Waals surface area contributed by atoms with Gasteiger partial charge in [0.15, 0.2) is 0 Å². The molecule has 17 heavy (non-hydrogen) atoms. The number of carboxylic acids is 1. The quantitative estimate of drug-likeness (QED) is 0.853. The molecule has 0 saturated carbocycles. The molecular formula is C13H13NO3. The van der Waals surface area contributed by atoms with Crippen molar-refractivity contribution in [3.63, 3.8) is 0 Å². The molecule has 0 spiro atoms. The van der Waals surface area contributed by atoms with Crippen LogP contribution in [-0.4, -0.2) is 23.2 Å². The normalized spacial score (nSPS) is 10.2. The number of hydrogen-bond donors (Lipinski definition) is 2. The number of methoxy groups -OCH3 is 1. The Morgan fingerprint density at radius 1 is 1.29 bits per heavy atom. The van der Waals surface area contributed by atoms with Crippen LogP contribution in [0, 0.1) is 6.92 Å². The van der Waals surface area contributed by atoms with Crippen LogP contribution in [0.3, 0.4) is 0 Å². The topological polar surface area (TPSA) is 62.3 Å². The summed E-state index contributed by atoms with van der Waals surface area (Å²) in [7, 11) is 1.59. The molecule has 4 heteroatoms. The second-order valence-electron chi connectivity index (χ2n) is 3.79. The molecule has 0 bridgehead atoms. The van der Waals surface area contributed by atoms with Gasteiger partial charge < -0.3 is 14.8 Å². The van der Waals surface area contributed by atoms with Crippen LogP contribution >= 0.6 is 0 Å². The Balaban J connectivity index is 2.51. The number of aromatic nitrogens is 1. The van der Waals surface area contributed by atoms with E-state index >= 15 is 0 Å². The van der Waals surface area contributed by atoms with Crippen molar-refractivity contribution in [2.24, 2.45) is 0 Å². The summed E-state index contributed by atoms with van der Waals surface area (Å²) in [6, 6.07) is 9.05. The van der Waals surface area contributed by atoms with Crippen molar-refractivity contribution >= 4 is 5.97 Å². The van der Waals surface area contributed by atoms with Gasteiger partial charge in [0.1, 0.15) is 11.4 Å². The number of carboxylic acid groups (broad SMARTS) is 1.